The van der Waals surface area contributed by atoms with E-state index in [-0.39, 0.29) is 35.1 Å². The zero-order chi connectivity index (χ0) is 28.9. The van der Waals surface area contributed by atoms with E-state index in [0.717, 1.165) is 44.5 Å². The van der Waals surface area contributed by atoms with E-state index >= 15 is 0 Å². The van der Waals surface area contributed by atoms with Gasteiger partial charge >= 0.3 is 6.05 Å². The first-order valence-corrected chi connectivity index (χ1v) is 13.8. The summed E-state index contributed by atoms with van der Waals surface area (Å²) in [5.74, 6) is 0.498. The number of carbonyl (C=O) groups is 1. The van der Waals surface area contributed by atoms with Crippen LogP contribution in [0, 0.1) is 0 Å². The number of hydrogen-bond acceptors (Lipinski definition) is 10. The van der Waals surface area contributed by atoms with Crippen LogP contribution < -0.4 is 16.0 Å². The van der Waals surface area contributed by atoms with Gasteiger partial charge < -0.3 is 25.2 Å². The molecule has 0 saturated carbocycles. The maximum absolute atomic E-state index is 14.3. The monoisotopic (exact) mass is 574 g/mol. The highest BCUT2D eigenvalue weighted by atomic mass is 19.3. The summed E-state index contributed by atoms with van der Waals surface area (Å²) in [6.07, 6.45) is 4.43. The molecule has 2 aromatic carbocycles. The van der Waals surface area contributed by atoms with Gasteiger partial charge in [0, 0.05) is 17.3 Å². The number of fused-ring (bicyclic) bond motifs is 4. The molecule has 3 fully saturated rings. The molecule has 0 unspecified atom stereocenters. The van der Waals surface area contributed by atoms with E-state index in [9.17, 15) is 18.7 Å². The molecule has 4 N–H and O–H groups in total. The van der Waals surface area contributed by atoms with E-state index < -0.39 is 23.6 Å². The minimum Gasteiger partial charge on any atom is -0.394 e. The van der Waals surface area contributed by atoms with Gasteiger partial charge in [-0.2, -0.15) is 18.7 Å². The molecule has 1 atom stereocenters. The maximum Gasteiger partial charge on any atom is 0.353 e. The van der Waals surface area contributed by atoms with Gasteiger partial charge in [-0.3, -0.25) is 10.1 Å². The van der Waals surface area contributed by atoms with Crippen molar-refractivity contribution in [2.24, 2.45) is 0 Å². The molecule has 2 bridgehead atoms. The van der Waals surface area contributed by atoms with E-state index in [1.165, 1.54) is 24.4 Å². The zero-order valence-electron chi connectivity index (χ0n) is 22.5. The number of hydrogen-bond donors (Lipinski definition) is 4. The standard InChI is InChI=1S/C29H28F2N8O3/c30-29(31)21-14-18(6-7-19(21)24(41)37-29)33-27-32-15-20(23(35-27)34-22(16-40)17-4-2-1-3-5-17)25-36-26(38-42-25)28-8-11-39(12-9-28)13-10-28/h1-7,14-15,22,40H,8-13,16H2,(H,37,41)(H2,32,33,34,35)/t22-/m1/s1. The fraction of sp³-hybridized carbons (Fsp3) is 0.345. The number of aliphatic hydroxyl groups excluding tert-OH is 1. The number of nitrogens with zero attached hydrogens (tertiary/aromatic N) is 5. The lowest BCUT2D eigenvalue weighted by Gasteiger charge is -2.46. The number of carbonyl (C=O) groups excluding carboxylic acids is 1. The molecule has 2 aromatic heterocycles. The van der Waals surface area contributed by atoms with Crippen LogP contribution in [0.25, 0.3) is 11.5 Å². The topological polar surface area (TPSA) is 141 Å². The lowest BCUT2D eigenvalue weighted by molar-refractivity contribution is -0.0241. The second-order valence-corrected chi connectivity index (χ2v) is 11.0. The number of aliphatic hydroxyl groups is 1. The highest BCUT2D eigenvalue weighted by Gasteiger charge is 2.45. The number of anilines is 3. The Kier molecular flexibility index (Phi) is 6.35. The summed E-state index contributed by atoms with van der Waals surface area (Å²) in [5, 5.41) is 22.5. The number of benzene rings is 2. The summed E-state index contributed by atoms with van der Waals surface area (Å²) < 4.78 is 34.3. The van der Waals surface area contributed by atoms with Crippen LogP contribution in [-0.2, 0) is 11.5 Å². The average molecular weight is 575 g/mol. The lowest BCUT2D eigenvalue weighted by Crippen LogP contribution is -2.51. The zero-order valence-corrected chi connectivity index (χ0v) is 22.5. The van der Waals surface area contributed by atoms with Crippen LogP contribution in [0.1, 0.15) is 52.6 Å². The van der Waals surface area contributed by atoms with Crippen LogP contribution in [0.15, 0.2) is 59.3 Å². The predicted octanol–water partition coefficient (Wildman–Crippen LogP) is 3.95. The first-order valence-electron chi connectivity index (χ1n) is 13.8. The van der Waals surface area contributed by atoms with Crippen molar-refractivity contribution in [3.05, 3.63) is 77.2 Å². The Morgan fingerprint density at radius 1 is 1.05 bits per heavy atom. The van der Waals surface area contributed by atoms with Crippen molar-refractivity contribution >= 4 is 23.4 Å². The van der Waals surface area contributed by atoms with Crippen LogP contribution in [0.4, 0.5) is 26.2 Å². The summed E-state index contributed by atoms with van der Waals surface area (Å²) in [6, 6.07) is 9.41. The molecule has 6 heterocycles. The molecule has 1 amide bonds. The van der Waals surface area contributed by atoms with Crippen molar-refractivity contribution in [2.45, 2.75) is 36.8 Å². The number of alkyl halides is 2. The highest BCUT2D eigenvalue weighted by Crippen LogP contribution is 2.42. The molecule has 11 nitrogen and oxygen atoms in total. The normalized spacial score (nSPS) is 22.8. The SMILES string of the molecule is O=C1NC(F)(F)c2cc(Nc3ncc(-c4nc(C56CCN(CC5)CC6)no4)c(N[C@H](CO)c4ccccc4)n3)ccc21. The van der Waals surface area contributed by atoms with E-state index in [2.05, 4.69) is 30.7 Å². The highest BCUT2D eigenvalue weighted by molar-refractivity contribution is 6.00. The van der Waals surface area contributed by atoms with Crippen LogP contribution >= 0.6 is 0 Å². The number of amides is 1. The van der Waals surface area contributed by atoms with Gasteiger partial charge in [-0.1, -0.05) is 35.5 Å². The summed E-state index contributed by atoms with van der Waals surface area (Å²) in [4.78, 5) is 28.1. The summed E-state index contributed by atoms with van der Waals surface area (Å²) in [7, 11) is 0. The van der Waals surface area contributed by atoms with E-state index in [4.69, 9.17) is 9.51 Å². The first kappa shape index (κ1) is 26.4. The molecule has 42 heavy (non-hydrogen) atoms. The minimum atomic E-state index is -3.48. The van der Waals surface area contributed by atoms with Crippen LogP contribution in [0.5, 0.6) is 0 Å². The van der Waals surface area contributed by atoms with Crippen molar-refractivity contribution in [1.29, 1.82) is 0 Å². The molecule has 0 spiro atoms. The number of rotatable bonds is 8. The molecule has 216 valence electrons. The predicted molar refractivity (Wildman–Crippen MR) is 148 cm³/mol. The third kappa shape index (κ3) is 4.64. The van der Waals surface area contributed by atoms with Gasteiger partial charge in [-0.15, -0.1) is 0 Å². The Labute approximate surface area is 239 Å². The molecular weight excluding hydrogens is 546 g/mol. The molecule has 4 aliphatic rings. The van der Waals surface area contributed by atoms with E-state index in [1.807, 2.05) is 30.3 Å². The molecule has 3 saturated heterocycles. The number of piperidine rings is 3. The Balaban J connectivity index is 1.23. The van der Waals surface area contributed by atoms with Gasteiger partial charge in [-0.05, 0) is 62.7 Å². The Bertz CT molecular complexity index is 1630. The van der Waals surface area contributed by atoms with Gasteiger partial charge in [-0.25, -0.2) is 4.98 Å². The molecule has 8 rings (SSSR count). The minimum absolute atomic E-state index is 0.0897. The Hall–Kier alpha value is -4.49. The maximum atomic E-state index is 14.3. The average Bonchev–Trinajstić information content (AvgIpc) is 3.60. The van der Waals surface area contributed by atoms with Gasteiger partial charge in [0.1, 0.15) is 11.4 Å². The van der Waals surface area contributed by atoms with Crippen molar-refractivity contribution in [3.63, 3.8) is 0 Å². The Morgan fingerprint density at radius 2 is 1.81 bits per heavy atom. The third-order valence-corrected chi connectivity index (χ3v) is 8.46. The Morgan fingerprint density at radius 3 is 2.55 bits per heavy atom. The van der Waals surface area contributed by atoms with Crippen molar-refractivity contribution in [2.75, 3.05) is 36.9 Å². The third-order valence-electron chi connectivity index (χ3n) is 8.46. The molecule has 0 radical (unpaired) electrons. The quantitative estimate of drug-likeness (QED) is 0.229. The summed E-state index contributed by atoms with van der Waals surface area (Å²) in [6.45, 7) is 2.79. The van der Waals surface area contributed by atoms with Crippen LogP contribution in [0.3, 0.4) is 0 Å². The molecule has 4 aromatic rings. The number of nitrogens with one attached hydrogen (secondary N) is 3. The molecule has 13 heteroatoms. The van der Waals surface area contributed by atoms with Crippen LogP contribution in [-0.4, -0.2) is 62.3 Å². The molecule has 0 aliphatic carbocycles. The second-order valence-electron chi connectivity index (χ2n) is 11.0. The lowest BCUT2D eigenvalue weighted by atomic mass is 9.71. The molecular formula is C29H28F2N8O3. The largest absolute Gasteiger partial charge is 0.394 e. The fourth-order valence-corrected chi connectivity index (χ4v) is 5.99. The number of aromatic nitrogens is 4. The van der Waals surface area contributed by atoms with Gasteiger partial charge in [0.15, 0.2) is 5.82 Å². The van der Waals surface area contributed by atoms with Gasteiger partial charge in [0.05, 0.1) is 23.8 Å². The second kappa shape index (κ2) is 10.1. The van der Waals surface area contributed by atoms with Crippen molar-refractivity contribution in [3.8, 4) is 11.5 Å². The smallest absolute Gasteiger partial charge is 0.353 e. The van der Waals surface area contributed by atoms with E-state index in [0.29, 0.717) is 17.2 Å². The van der Waals surface area contributed by atoms with Crippen molar-refractivity contribution < 1.29 is 23.2 Å². The first-order chi connectivity index (χ1) is 20.3. The van der Waals surface area contributed by atoms with Crippen LogP contribution in [0.2, 0.25) is 0 Å². The van der Waals surface area contributed by atoms with Gasteiger partial charge in [0.2, 0.25) is 5.95 Å². The fourth-order valence-electron chi connectivity index (χ4n) is 5.99. The summed E-state index contributed by atoms with van der Waals surface area (Å²) >= 11 is 0. The molecule has 4 aliphatic heterocycles. The van der Waals surface area contributed by atoms with Crippen molar-refractivity contribution in [1.82, 2.24) is 30.3 Å². The number of halogens is 2. The van der Waals surface area contributed by atoms with Gasteiger partial charge in [0.25, 0.3) is 11.8 Å². The summed E-state index contributed by atoms with van der Waals surface area (Å²) in [5.41, 5.74) is 0.907. The van der Waals surface area contributed by atoms with E-state index in [1.54, 1.807) is 5.32 Å².